The number of hydrogen-bond donors (Lipinski definition) is 1. The summed E-state index contributed by atoms with van der Waals surface area (Å²) in [6, 6.07) is 5.98. The molecule has 1 N–H and O–H groups in total. The van der Waals surface area contributed by atoms with Gasteiger partial charge in [0, 0.05) is 46.7 Å². The van der Waals surface area contributed by atoms with Crippen molar-refractivity contribution in [3.63, 3.8) is 0 Å². The number of amides is 2. The first kappa shape index (κ1) is 18.1. The SMILES string of the molecule is COCCCNC(=O)CCN(Cc1ccc(F)cc1)C(C)=O. The fourth-order valence-electron chi connectivity index (χ4n) is 1.93. The molecule has 0 fully saturated rings. The highest BCUT2D eigenvalue weighted by molar-refractivity contribution is 5.77. The van der Waals surface area contributed by atoms with Crippen LogP contribution in [-0.4, -0.2) is 43.5 Å². The topological polar surface area (TPSA) is 58.6 Å². The van der Waals surface area contributed by atoms with E-state index in [-0.39, 0.29) is 24.1 Å². The summed E-state index contributed by atoms with van der Waals surface area (Å²) in [6.07, 6.45) is 1.00. The normalized spacial score (nSPS) is 10.3. The lowest BCUT2D eigenvalue weighted by Crippen LogP contribution is -2.34. The van der Waals surface area contributed by atoms with Crippen LogP contribution in [0.25, 0.3) is 0 Å². The zero-order valence-corrected chi connectivity index (χ0v) is 13.1. The van der Waals surface area contributed by atoms with E-state index in [1.54, 1.807) is 24.1 Å². The minimum absolute atomic E-state index is 0.0959. The standard InChI is InChI=1S/C16H23FN2O3/c1-13(20)19(12-14-4-6-15(17)7-5-14)10-8-16(21)18-9-3-11-22-2/h4-7H,3,8-12H2,1-2H3,(H,18,21). The highest BCUT2D eigenvalue weighted by Crippen LogP contribution is 2.07. The van der Waals surface area contributed by atoms with Crippen LogP contribution in [0.15, 0.2) is 24.3 Å². The number of hydrogen-bond acceptors (Lipinski definition) is 3. The maximum absolute atomic E-state index is 12.9. The third kappa shape index (κ3) is 7.17. The van der Waals surface area contributed by atoms with Crippen LogP contribution in [0.5, 0.6) is 0 Å². The zero-order chi connectivity index (χ0) is 16.4. The highest BCUT2D eigenvalue weighted by atomic mass is 19.1. The third-order valence-corrected chi connectivity index (χ3v) is 3.19. The summed E-state index contributed by atoms with van der Waals surface area (Å²) in [5.41, 5.74) is 0.831. The van der Waals surface area contributed by atoms with Gasteiger partial charge in [0.15, 0.2) is 0 Å². The quantitative estimate of drug-likeness (QED) is 0.707. The second kappa shape index (κ2) is 9.89. The predicted molar refractivity (Wildman–Crippen MR) is 81.6 cm³/mol. The van der Waals surface area contributed by atoms with Crippen LogP contribution in [0.4, 0.5) is 4.39 Å². The minimum Gasteiger partial charge on any atom is -0.385 e. The lowest BCUT2D eigenvalue weighted by Gasteiger charge is -2.21. The Morgan fingerprint density at radius 2 is 1.95 bits per heavy atom. The molecule has 1 aromatic rings. The first-order valence-electron chi connectivity index (χ1n) is 7.28. The zero-order valence-electron chi connectivity index (χ0n) is 13.1. The van der Waals surface area contributed by atoms with Crippen molar-refractivity contribution in [3.05, 3.63) is 35.6 Å². The molecule has 6 heteroatoms. The van der Waals surface area contributed by atoms with Crippen LogP contribution in [-0.2, 0) is 20.9 Å². The van der Waals surface area contributed by atoms with Crippen molar-refractivity contribution in [2.75, 3.05) is 26.8 Å². The van der Waals surface area contributed by atoms with Gasteiger partial charge in [-0.3, -0.25) is 9.59 Å². The van der Waals surface area contributed by atoms with E-state index in [9.17, 15) is 14.0 Å². The molecule has 0 heterocycles. The van der Waals surface area contributed by atoms with Gasteiger partial charge in [-0.25, -0.2) is 4.39 Å². The Morgan fingerprint density at radius 1 is 1.27 bits per heavy atom. The first-order chi connectivity index (χ1) is 10.5. The molecule has 1 aromatic carbocycles. The van der Waals surface area contributed by atoms with Crippen LogP contribution in [0, 0.1) is 5.82 Å². The smallest absolute Gasteiger partial charge is 0.221 e. The highest BCUT2D eigenvalue weighted by Gasteiger charge is 2.11. The predicted octanol–water partition coefficient (Wildman–Crippen LogP) is 1.72. The molecule has 2 amide bonds. The molecule has 22 heavy (non-hydrogen) atoms. The Bertz CT molecular complexity index is 477. The van der Waals surface area contributed by atoms with Gasteiger partial charge in [0.05, 0.1) is 0 Å². The van der Waals surface area contributed by atoms with Crippen LogP contribution >= 0.6 is 0 Å². The number of ether oxygens (including phenoxy) is 1. The molecular weight excluding hydrogens is 287 g/mol. The molecule has 0 atom stereocenters. The summed E-state index contributed by atoms with van der Waals surface area (Å²) in [4.78, 5) is 24.9. The largest absolute Gasteiger partial charge is 0.385 e. The Hall–Kier alpha value is -1.95. The second-order valence-corrected chi connectivity index (χ2v) is 5.01. The van der Waals surface area contributed by atoms with E-state index >= 15 is 0 Å². The lowest BCUT2D eigenvalue weighted by molar-refractivity contribution is -0.130. The van der Waals surface area contributed by atoms with Crippen molar-refractivity contribution >= 4 is 11.8 Å². The Balaban J connectivity index is 2.39. The van der Waals surface area contributed by atoms with E-state index in [4.69, 9.17) is 4.74 Å². The van der Waals surface area contributed by atoms with Crippen LogP contribution in [0.2, 0.25) is 0 Å². The lowest BCUT2D eigenvalue weighted by atomic mass is 10.2. The van der Waals surface area contributed by atoms with E-state index < -0.39 is 0 Å². The van der Waals surface area contributed by atoms with E-state index in [0.29, 0.717) is 26.2 Å². The molecule has 0 saturated carbocycles. The fourth-order valence-corrected chi connectivity index (χ4v) is 1.93. The van der Waals surface area contributed by atoms with Gasteiger partial charge in [0.1, 0.15) is 5.82 Å². The molecule has 0 spiro atoms. The van der Waals surface area contributed by atoms with Gasteiger partial charge < -0.3 is 15.0 Å². The van der Waals surface area contributed by atoms with Crippen LogP contribution in [0.3, 0.4) is 0 Å². The van der Waals surface area contributed by atoms with Crippen molar-refractivity contribution in [1.29, 1.82) is 0 Å². The van der Waals surface area contributed by atoms with Crippen LogP contribution < -0.4 is 5.32 Å². The molecule has 0 unspecified atom stereocenters. The molecule has 0 saturated heterocycles. The van der Waals surface area contributed by atoms with E-state index in [1.807, 2.05) is 0 Å². The van der Waals surface area contributed by atoms with Crippen LogP contribution in [0.1, 0.15) is 25.3 Å². The number of benzene rings is 1. The maximum atomic E-state index is 12.9. The summed E-state index contributed by atoms with van der Waals surface area (Å²) < 4.78 is 17.8. The molecule has 0 aliphatic rings. The van der Waals surface area contributed by atoms with Gasteiger partial charge in [-0.05, 0) is 24.1 Å². The Labute approximate surface area is 130 Å². The van der Waals surface area contributed by atoms with Gasteiger partial charge in [0.2, 0.25) is 11.8 Å². The number of carbonyl (C=O) groups excluding carboxylic acids is 2. The summed E-state index contributed by atoms with van der Waals surface area (Å²) in [5, 5.41) is 2.78. The summed E-state index contributed by atoms with van der Waals surface area (Å²) in [7, 11) is 1.61. The molecule has 5 nitrogen and oxygen atoms in total. The summed E-state index contributed by atoms with van der Waals surface area (Å²) in [6.45, 7) is 3.32. The summed E-state index contributed by atoms with van der Waals surface area (Å²) in [5.74, 6) is -0.522. The first-order valence-corrected chi connectivity index (χ1v) is 7.28. The number of methoxy groups -OCH3 is 1. The number of rotatable bonds is 9. The van der Waals surface area contributed by atoms with E-state index in [1.165, 1.54) is 19.1 Å². The van der Waals surface area contributed by atoms with Gasteiger partial charge in [0.25, 0.3) is 0 Å². The third-order valence-electron chi connectivity index (χ3n) is 3.19. The van der Waals surface area contributed by atoms with Gasteiger partial charge in [-0.1, -0.05) is 12.1 Å². The monoisotopic (exact) mass is 310 g/mol. The number of nitrogens with zero attached hydrogens (tertiary/aromatic N) is 1. The van der Waals surface area contributed by atoms with Gasteiger partial charge in [-0.2, -0.15) is 0 Å². The molecule has 0 aliphatic carbocycles. The molecular formula is C16H23FN2O3. The second-order valence-electron chi connectivity index (χ2n) is 5.01. The van der Waals surface area contributed by atoms with Crippen molar-refractivity contribution in [3.8, 4) is 0 Å². The van der Waals surface area contributed by atoms with Crippen molar-refractivity contribution in [2.24, 2.45) is 0 Å². The van der Waals surface area contributed by atoms with Gasteiger partial charge >= 0.3 is 0 Å². The molecule has 0 radical (unpaired) electrons. The fraction of sp³-hybridized carbons (Fsp3) is 0.500. The van der Waals surface area contributed by atoms with Crippen molar-refractivity contribution < 1.29 is 18.7 Å². The Morgan fingerprint density at radius 3 is 2.55 bits per heavy atom. The number of nitrogens with one attached hydrogen (secondary N) is 1. The van der Waals surface area contributed by atoms with Gasteiger partial charge in [-0.15, -0.1) is 0 Å². The average Bonchev–Trinajstić information content (AvgIpc) is 2.49. The molecule has 1 rings (SSSR count). The minimum atomic E-state index is -0.312. The maximum Gasteiger partial charge on any atom is 0.221 e. The molecule has 0 aliphatic heterocycles. The molecule has 122 valence electrons. The van der Waals surface area contributed by atoms with E-state index in [2.05, 4.69) is 5.32 Å². The van der Waals surface area contributed by atoms with E-state index in [0.717, 1.165) is 12.0 Å². The molecule has 0 bridgehead atoms. The number of carbonyl (C=O) groups is 2. The average molecular weight is 310 g/mol. The van der Waals surface area contributed by atoms with Crippen molar-refractivity contribution in [2.45, 2.75) is 26.3 Å². The summed E-state index contributed by atoms with van der Waals surface area (Å²) >= 11 is 0. The van der Waals surface area contributed by atoms with Crippen molar-refractivity contribution in [1.82, 2.24) is 10.2 Å². The number of halogens is 1. The Kier molecular flexibility index (Phi) is 8.14. The molecule has 0 aromatic heterocycles.